The van der Waals surface area contributed by atoms with E-state index in [1.807, 2.05) is 0 Å². The Labute approximate surface area is 69.8 Å². The van der Waals surface area contributed by atoms with E-state index in [0.717, 1.165) is 0 Å². The fourth-order valence-corrected chi connectivity index (χ4v) is 0.867. The van der Waals surface area contributed by atoms with Crippen molar-refractivity contribution < 1.29 is 5.11 Å². The number of hydrogen-bond acceptors (Lipinski definition) is 3. The van der Waals surface area contributed by atoms with E-state index in [0.29, 0.717) is 17.5 Å². The molecule has 62 valence electrons. The summed E-state index contributed by atoms with van der Waals surface area (Å²) >= 11 is 5.80. The van der Waals surface area contributed by atoms with Crippen LogP contribution in [0.25, 0.3) is 0 Å². The lowest BCUT2D eigenvalue weighted by atomic mass is 10.6. The molecule has 0 spiro atoms. The van der Waals surface area contributed by atoms with Crippen molar-refractivity contribution in [1.29, 1.82) is 0 Å². The maximum absolute atomic E-state index is 8.49. The van der Waals surface area contributed by atoms with Gasteiger partial charge in [0, 0.05) is 13.6 Å². The molecular formula is C6H10ClN3O. The zero-order valence-corrected chi connectivity index (χ0v) is 6.97. The molecule has 4 nitrogen and oxygen atoms in total. The van der Waals surface area contributed by atoms with Gasteiger partial charge in [-0.2, -0.15) is 0 Å². The van der Waals surface area contributed by atoms with Crippen molar-refractivity contribution in [3.8, 4) is 0 Å². The lowest BCUT2D eigenvalue weighted by molar-refractivity contribution is 0.311. The summed E-state index contributed by atoms with van der Waals surface area (Å²) in [6, 6.07) is 0. The number of aromatic nitrogens is 2. The topological polar surface area (TPSA) is 50.1 Å². The first-order chi connectivity index (χ1) is 5.25. The summed E-state index contributed by atoms with van der Waals surface area (Å²) in [6.45, 7) is 0.545. The summed E-state index contributed by atoms with van der Waals surface area (Å²) in [5.74, 6) is 0.614. The van der Waals surface area contributed by atoms with Gasteiger partial charge in [-0.3, -0.25) is 0 Å². The summed E-state index contributed by atoms with van der Waals surface area (Å²) in [5, 5.41) is 11.9. The van der Waals surface area contributed by atoms with E-state index in [1.54, 1.807) is 17.9 Å². The summed E-state index contributed by atoms with van der Waals surface area (Å²) in [6.07, 6.45) is 1.61. The molecule has 0 aromatic carbocycles. The smallest absolute Gasteiger partial charge is 0.163 e. The number of aliphatic hydroxyl groups excluding tert-OH is 1. The molecule has 0 saturated carbocycles. The maximum atomic E-state index is 8.49. The van der Waals surface area contributed by atoms with E-state index in [9.17, 15) is 0 Å². The first-order valence-corrected chi connectivity index (χ1v) is 3.65. The largest absolute Gasteiger partial charge is 0.395 e. The van der Waals surface area contributed by atoms with Gasteiger partial charge in [-0.15, -0.1) is 0 Å². The van der Waals surface area contributed by atoms with E-state index in [2.05, 4.69) is 10.3 Å². The van der Waals surface area contributed by atoms with Crippen molar-refractivity contribution in [2.75, 3.05) is 18.5 Å². The molecule has 11 heavy (non-hydrogen) atoms. The molecule has 0 unspecified atom stereocenters. The molecule has 0 bridgehead atoms. The number of imidazole rings is 1. The Kier molecular flexibility index (Phi) is 2.73. The normalized spacial score (nSPS) is 10.1. The minimum atomic E-state index is 0.0763. The van der Waals surface area contributed by atoms with E-state index >= 15 is 0 Å². The second-order valence-electron chi connectivity index (χ2n) is 2.15. The number of rotatable bonds is 3. The van der Waals surface area contributed by atoms with Crippen molar-refractivity contribution in [3.63, 3.8) is 0 Å². The van der Waals surface area contributed by atoms with E-state index in [4.69, 9.17) is 16.7 Å². The van der Waals surface area contributed by atoms with Crippen LogP contribution in [0.15, 0.2) is 6.33 Å². The lowest BCUT2D eigenvalue weighted by Crippen LogP contribution is -2.05. The standard InChI is InChI=1S/C6H10ClN3O/c1-10-4-9-6(5(10)7)8-2-3-11/h4,8,11H,2-3H2,1H3. The van der Waals surface area contributed by atoms with Crippen molar-refractivity contribution in [2.24, 2.45) is 7.05 Å². The Morgan fingerprint density at radius 1 is 1.82 bits per heavy atom. The molecule has 0 aliphatic carbocycles. The highest BCUT2D eigenvalue weighted by molar-refractivity contribution is 6.31. The zero-order chi connectivity index (χ0) is 8.27. The van der Waals surface area contributed by atoms with Crippen LogP contribution in [0.4, 0.5) is 5.82 Å². The SMILES string of the molecule is Cn1cnc(NCCO)c1Cl. The van der Waals surface area contributed by atoms with Crippen LogP contribution in [-0.2, 0) is 7.05 Å². The Hall–Kier alpha value is -0.740. The minimum absolute atomic E-state index is 0.0763. The predicted molar refractivity (Wildman–Crippen MR) is 43.8 cm³/mol. The number of nitrogens with one attached hydrogen (secondary N) is 1. The maximum Gasteiger partial charge on any atom is 0.163 e. The molecule has 0 amide bonds. The van der Waals surface area contributed by atoms with E-state index < -0.39 is 0 Å². The molecule has 1 aromatic rings. The summed E-state index contributed by atoms with van der Waals surface area (Å²) in [7, 11) is 1.81. The van der Waals surface area contributed by atoms with Gasteiger partial charge in [0.25, 0.3) is 0 Å². The van der Waals surface area contributed by atoms with Crippen LogP contribution < -0.4 is 5.32 Å². The van der Waals surface area contributed by atoms with Crippen molar-refractivity contribution in [1.82, 2.24) is 9.55 Å². The number of aryl methyl sites for hydroxylation is 1. The minimum Gasteiger partial charge on any atom is -0.395 e. The van der Waals surface area contributed by atoms with Crippen LogP contribution in [0.5, 0.6) is 0 Å². The first kappa shape index (κ1) is 8.36. The van der Waals surface area contributed by atoms with Crippen LogP contribution in [-0.4, -0.2) is 27.8 Å². The third kappa shape index (κ3) is 1.85. The number of nitrogens with zero attached hydrogens (tertiary/aromatic N) is 2. The lowest BCUT2D eigenvalue weighted by Gasteiger charge is -1.99. The van der Waals surface area contributed by atoms with Gasteiger partial charge >= 0.3 is 0 Å². The molecule has 1 rings (SSSR count). The number of halogens is 1. The van der Waals surface area contributed by atoms with Gasteiger partial charge in [0.1, 0.15) is 0 Å². The molecule has 0 atom stereocenters. The molecule has 0 aliphatic heterocycles. The summed E-state index contributed by atoms with van der Waals surface area (Å²) in [4.78, 5) is 3.96. The van der Waals surface area contributed by atoms with Crippen molar-refractivity contribution in [3.05, 3.63) is 11.5 Å². The number of hydrogen-bond donors (Lipinski definition) is 2. The third-order valence-electron chi connectivity index (χ3n) is 1.27. The highest BCUT2D eigenvalue weighted by atomic mass is 35.5. The molecule has 0 aliphatic rings. The van der Waals surface area contributed by atoms with Crippen LogP contribution in [0.3, 0.4) is 0 Å². The molecule has 0 radical (unpaired) electrons. The number of aliphatic hydroxyl groups is 1. The quantitative estimate of drug-likeness (QED) is 0.703. The van der Waals surface area contributed by atoms with Gasteiger partial charge in [0.2, 0.25) is 0 Å². The van der Waals surface area contributed by atoms with Gasteiger partial charge in [-0.1, -0.05) is 11.6 Å². The van der Waals surface area contributed by atoms with Crippen molar-refractivity contribution in [2.45, 2.75) is 0 Å². The first-order valence-electron chi connectivity index (χ1n) is 3.27. The Bertz CT molecular complexity index is 236. The molecule has 0 saturated heterocycles. The Balaban J connectivity index is 2.63. The average Bonchev–Trinajstić information content (AvgIpc) is 2.31. The fraction of sp³-hybridized carbons (Fsp3) is 0.500. The predicted octanol–water partition coefficient (Wildman–Crippen LogP) is 0.478. The summed E-state index contributed by atoms with van der Waals surface area (Å²) in [5.41, 5.74) is 0. The fourth-order valence-electron chi connectivity index (χ4n) is 0.708. The van der Waals surface area contributed by atoms with Crippen LogP contribution in [0, 0.1) is 0 Å². The monoisotopic (exact) mass is 175 g/mol. The van der Waals surface area contributed by atoms with Crippen LogP contribution in [0.1, 0.15) is 0 Å². The van der Waals surface area contributed by atoms with Gasteiger partial charge in [0.05, 0.1) is 12.9 Å². The molecular weight excluding hydrogens is 166 g/mol. The average molecular weight is 176 g/mol. The van der Waals surface area contributed by atoms with Gasteiger partial charge in [0.15, 0.2) is 11.0 Å². The number of anilines is 1. The summed E-state index contributed by atoms with van der Waals surface area (Å²) < 4.78 is 1.70. The van der Waals surface area contributed by atoms with Crippen molar-refractivity contribution >= 4 is 17.4 Å². The van der Waals surface area contributed by atoms with Crippen LogP contribution >= 0.6 is 11.6 Å². The highest BCUT2D eigenvalue weighted by Crippen LogP contribution is 2.17. The Morgan fingerprint density at radius 3 is 3.00 bits per heavy atom. The molecule has 2 N–H and O–H groups in total. The third-order valence-corrected chi connectivity index (χ3v) is 1.71. The Morgan fingerprint density at radius 2 is 2.55 bits per heavy atom. The molecule has 0 fully saturated rings. The second-order valence-corrected chi connectivity index (χ2v) is 2.50. The molecule has 5 heteroatoms. The highest BCUT2D eigenvalue weighted by Gasteiger charge is 2.03. The zero-order valence-electron chi connectivity index (χ0n) is 6.21. The van der Waals surface area contributed by atoms with E-state index in [-0.39, 0.29) is 6.61 Å². The van der Waals surface area contributed by atoms with Gasteiger partial charge < -0.3 is 15.0 Å². The second kappa shape index (κ2) is 3.59. The van der Waals surface area contributed by atoms with Gasteiger partial charge in [-0.05, 0) is 0 Å². The van der Waals surface area contributed by atoms with Gasteiger partial charge in [-0.25, -0.2) is 4.98 Å². The molecule has 1 aromatic heterocycles. The van der Waals surface area contributed by atoms with Crippen LogP contribution in [0.2, 0.25) is 5.15 Å². The molecule has 1 heterocycles. The van der Waals surface area contributed by atoms with E-state index in [1.165, 1.54) is 0 Å².